The molecule has 2 saturated carbocycles. The summed E-state index contributed by atoms with van der Waals surface area (Å²) in [5.41, 5.74) is 1.30. The second kappa shape index (κ2) is 4.38. The molecule has 2 aliphatic rings. The minimum atomic E-state index is 0.762. The second-order valence-electron chi connectivity index (χ2n) is 5.29. The normalized spacial score (nSPS) is 32.2. The average molecular weight is 236 g/mol. The fourth-order valence-corrected chi connectivity index (χ4v) is 3.60. The molecule has 3 atom stereocenters. The van der Waals surface area contributed by atoms with E-state index in [9.17, 15) is 0 Å². The van der Waals surface area contributed by atoms with Gasteiger partial charge in [0.1, 0.15) is 0 Å². The lowest BCUT2D eigenvalue weighted by Crippen LogP contribution is -2.33. The van der Waals surface area contributed by atoms with Crippen molar-refractivity contribution in [3.05, 3.63) is 34.9 Å². The van der Waals surface area contributed by atoms with E-state index in [1.807, 2.05) is 12.1 Å². The highest BCUT2D eigenvalue weighted by Gasteiger charge is 2.38. The highest BCUT2D eigenvalue weighted by atomic mass is 35.5. The van der Waals surface area contributed by atoms with E-state index in [4.69, 9.17) is 11.6 Å². The zero-order valence-corrected chi connectivity index (χ0v) is 10.2. The maximum absolute atomic E-state index is 5.98. The first-order chi connectivity index (χ1) is 7.81. The third-order valence-electron chi connectivity index (χ3n) is 4.20. The molecule has 0 heterocycles. The molecule has 1 aromatic rings. The molecule has 0 aromatic heterocycles. The standard InChI is InChI=1S/C14H18ClN/c15-13-3-1-2-11(7-13)9-16-14-8-10-4-5-12(14)6-10/h1-3,7,10,12,14,16H,4-6,8-9H2. The van der Waals surface area contributed by atoms with E-state index in [0.717, 1.165) is 29.4 Å². The van der Waals surface area contributed by atoms with Crippen LogP contribution in [-0.2, 0) is 6.54 Å². The summed E-state index contributed by atoms with van der Waals surface area (Å²) in [5.74, 6) is 1.96. The Kier molecular flexibility index (Phi) is 2.91. The van der Waals surface area contributed by atoms with Crippen molar-refractivity contribution in [3.63, 3.8) is 0 Å². The van der Waals surface area contributed by atoms with Crippen LogP contribution in [0.4, 0.5) is 0 Å². The lowest BCUT2D eigenvalue weighted by Gasteiger charge is -2.23. The minimum Gasteiger partial charge on any atom is -0.310 e. The SMILES string of the molecule is Clc1cccc(CNC2CC3CCC2C3)c1. The lowest BCUT2D eigenvalue weighted by atomic mass is 9.95. The molecule has 3 unspecified atom stereocenters. The van der Waals surface area contributed by atoms with E-state index < -0.39 is 0 Å². The fourth-order valence-electron chi connectivity index (χ4n) is 3.39. The Bertz CT molecular complexity index is 377. The van der Waals surface area contributed by atoms with Gasteiger partial charge >= 0.3 is 0 Å². The van der Waals surface area contributed by atoms with Crippen molar-refractivity contribution in [2.75, 3.05) is 0 Å². The number of benzene rings is 1. The Morgan fingerprint density at radius 3 is 2.88 bits per heavy atom. The predicted octanol–water partition coefficient (Wildman–Crippen LogP) is 3.62. The first-order valence-corrected chi connectivity index (χ1v) is 6.67. The number of hydrogen-bond donors (Lipinski definition) is 1. The Morgan fingerprint density at radius 1 is 1.25 bits per heavy atom. The molecule has 0 saturated heterocycles. The quantitative estimate of drug-likeness (QED) is 0.844. The molecule has 3 rings (SSSR count). The van der Waals surface area contributed by atoms with E-state index in [2.05, 4.69) is 17.4 Å². The van der Waals surface area contributed by atoms with Crippen LogP contribution < -0.4 is 5.32 Å². The van der Waals surface area contributed by atoms with Gasteiger partial charge < -0.3 is 5.32 Å². The van der Waals surface area contributed by atoms with Crippen molar-refractivity contribution in [2.24, 2.45) is 11.8 Å². The van der Waals surface area contributed by atoms with Crippen molar-refractivity contribution in [1.82, 2.24) is 5.32 Å². The topological polar surface area (TPSA) is 12.0 Å². The Labute approximate surface area is 102 Å². The van der Waals surface area contributed by atoms with Crippen molar-refractivity contribution in [2.45, 2.75) is 38.3 Å². The molecular weight excluding hydrogens is 218 g/mol. The summed E-state index contributed by atoms with van der Waals surface area (Å²) >= 11 is 5.98. The third kappa shape index (κ3) is 2.11. The van der Waals surface area contributed by atoms with E-state index in [1.54, 1.807) is 0 Å². The summed E-state index contributed by atoms with van der Waals surface area (Å²) in [4.78, 5) is 0. The molecule has 0 radical (unpaired) electrons. The summed E-state index contributed by atoms with van der Waals surface area (Å²) in [7, 11) is 0. The molecule has 1 N–H and O–H groups in total. The molecule has 0 amide bonds. The van der Waals surface area contributed by atoms with E-state index >= 15 is 0 Å². The van der Waals surface area contributed by atoms with Crippen LogP contribution in [0.25, 0.3) is 0 Å². The van der Waals surface area contributed by atoms with Gasteiger partial charge in [0, 0.05) is 17.6 Å². The maximum atomic E-state index is 5.98. The molecule has 2 fully saturated rings. The van der Waals surface area contributed by atoms with Crippen molar-refractivity contribution in [1.29, 1.82) is 0 Å². The van der Waals surface area contributed by atoms with E-state index in [-0.39, 0.29) is 0 Å². The van der Waals surface area contributed by atoms with Crippen molar-refractivity contribution in [3.8, 4) is 0 Å². The Hall–Kier alpha value is -0.530. The first-order valence-electron chi connectivity index (χ1n) is 6.29. The number of halogens is 1. The van der Waals surface area contributed by atoms with Crippen molar-refractivity contribution >= 4 is 11.6 Å². The summed E-state index contributed by atoms with van der Waals surface area (Å²) in [5, 5.41) is 4.54. The van der Waals surface area contributed by atoms with E-state index in [0.29, 0.717) is 0 Å². The molecule has 16 heavy (non-hydrogen) atoms. The highest BCUT2D eigenvalue weighted by molar-refractivity contribution is 6.30. The van der Waals surface area contributed by atoms with Crippen LogP contribution in [0.2, 0.25) is 5.02 Å². The maximum Gasteiger partial charge on any atom is 0.0409 e. The average Bonchev–Trinajstić information content (AvgIpc) is 2.88. The fraction of sp³-hybridized carbons (Fsp3) is 0.571. The largest absolute Gasteiger partial charge is 0.310 e. The second-order valence-corrected chi connectivity index (χ2v) is 5.73. The molecule has 2 bridgehead atoms. The third-order valence-corrected chi connectivity index (χ3v) is 4.43. The number of fused-ring (bicyclic) bond motifs is 2. The van der Waals surface area contributed by atoms with Crippen LogP contribution in [0.1, 0.15) is 31.2 Å². The molecule has 1 nitrogen and oxygen atoms in total. The zero-order valence-electron chi connectivity index (χ0n) is 9.45. The minimum absolute atomic E-state index is 0.762. The van der Waals surface area contributed by atoms with Crippen LogP contribution in [0.15, 0.2) is 24.3 Å². The van der Waals surface area contributed by atoms with Gasteiger partial charge in [-0.25, -0.2) is 0 Å². The number of hydrogen-bond acceptors (Lipinski definition) is 1. The van der Waals surface area contributed by atoms with Gasteiger partial charge in [0.2, 0.25) is 0 Å². The molecule has 0 spiro atoms. The summed E-state index contributed by atoms with van der Waals surface area (Å²) in [6.45, 7) is 0.967. The molecule has 2 heteroatoms. The van der Waals surface area contributed by atoms with E-state index in [1.165, 1.54) is 31.2 Å². The lowest BCUT2D eigenvalue weighted by molar-refractivity contribution is 0.351. The van der Waals surface area contributed by atoms with Crippen LogP contribution >= 0.6 is 11.6 Å². The van der Waals surface area contributed by atoms with Gasteiger partial charge in [-0.05, 0) is 48.8 Å². The summed E-state index contributed by atoms with van der Waals surface area (Å²) in [6.07, 6.45) is 5.77. The smallest absolute Gasteiger partial charge is 0.0409 e. The number of rotatable bonds is 3. The monoisotopic (exact) mass is 235 g/mol. The zero-order chi connectivity index (χ0) is 11.0. The first kappa shape index (κ1) is 10.6. The van der Waals surface area contributed by atoms with Crippen LogP contribution in [-0.4, -0.2) is 6.04 Å². The van der Waals surface area contributed by atoms with Gasteiger partial charge in [0.25, 0.3) is 0 Å². The predicted molar refractivity (Wildman–Crippen MR) is 67.5 cm³/mol. The van der Waals surface area contributed by atoms with Gasteiger partial charge in [-0.3, -0.25) is 0 Å². The summed E-state index contributed by atoms with van der Waals surface area (Å²) < 4.78 is 0. The van der Waals surface area contributed by atoms with Gasteiger partial charge in [-0.1, -0.05) is 30.2 Å². The van der Waals surface area contributed by atoms with Crippen LogP contribution in [0.5, 0.6) is 0 Å². The van der Waals surface area contributed by atoms with Crippen molar-refractivity contribution < 1.29 is 0 Å². The van der Waals surface area contributed by atoms with Crippen LogP contribution in [0, 0.1) is 11.8 Å². The highest BCUT2D eigenvalue weighted by Crippen LogP contribution is 2.44. The Morgan fingerprint density at radius 2 is 2.19 bits per heavy atom. The van der Waals surface area contributed by atoms with Gasteiger partial charge in [-0.15, -0.1) is 0 Å². The summed E-state index contributed by atoms with van der Waals surface area (Å²) in [6, 6.07) is 8.93. The van der Waals surface area contributed by atoms with Gasteiger partial charge in [0.15, 0.2) is 0 Å². The van der Waals surface area contributed by atoms with Gasteiger partial charge in [-0.2, -0.15) is 0 Å². The molecular formula is C14H18ClN. The molecule has 2 aliphatic carbocycles. The van der Waals surface area contributed by atoms with Gasteiger partial charge in [0.05, 0.1) is 0 Å². The molecule has 86 valence electrons. The van der Waals surface area contributed by atoms with Crippen LogP contribution in [0.3, 0.4) is 0 Å². The molecule has 0 aliphatic heterocycles. The Balaban J connectivity index is 1.57. The molecule has 1 aromatic carbocycles. The number of nitrogens with one attached hydrogen (secondary N) is 1.